The second-order valence-corrected chi connectivity index (χ2v) is 9.09. The van der Waals surface area contributed by atoms with E-state index in [1.165, 1.54) is 13.2 Å². The highest BCUT2D eigenvalue weighted by atomic mass is 35.5. The van der Waals surface area contributed by atoms with E-state index in [2.05, 4.69) is 5.32 Å². The van der Waals surface area contributed by atoms with Crippen LogP contribution in [0.5, 0.6) is 5.75 Å². The first-order valence-electron chi connectivity index (χ1n) is 11.9. The number of carboxylic acid groups (broad SMARTS) is 1. The molecule has 0 saturated carbocycles. The second kappa shape index (κ2) is 13.6. The molecule has 0 aliphatic heterocycles. The number of aliphatic carboxylic acids is 1. The van der Waals surface area contributed by atoms with Crippen LogP contribution in [0.1, 0.15) is 29.2 Å². The van der Waals surface area contributed by atoms with Crippen LogP contribution in [0.15, 0.2) is 60.7 Å². The summed E-state index contributed by atoms with van der Waals surface area (Å²) in [4.78, 5) is 13.1. The van der Waals surface area contributed by atoms with E-state index in [0.717, 1.165) is 17.7 Å². The molecule has 0 amide bonds. The number of carboxylic acids is 1. The topological polar surface area (TPSA) is 71.0 Å². The minimum Gasteiger partial charge on any atom is -0.496 e. The number of alkyl halides is 3. The molecule has 0 unspecified atom stereocenters. The first kappa shape index (κ1) is 29.4. The smallest absolute Gasteiger partial charge is 0.416 e. The molecule has 0 heterocycles. The third-order valence-electron chi connectivity index (χ3n) is 5.90. The zero-order valence-corrected chi connectivity index (χ0v) is 21.9. The monoisotopic (exact) mass is 550 g/mol. The number of ether oxygens (including phenoxy) is 2. The number of hydrogen-bond acceptors (Lipinski definition) is 5. The molecular weight excluding hydrogens is 521 g/mol. The van der Waals surface area contributed by atoms with Gasteiger partial charge in [-0.15, -0.1) is 0 Å². The fourth-order valence-electron chi connectivity index (χ4n) is 3.95. The molecule has 3 aromatic rings. The molecule has 6 nitrogen and oxygen atoms in total. The highest BCUT2D eigenvalue weighted by Gasteiger charge is 2.31. The van der Waals surface area contributed by atoms with Gasteiger partial charge in [0, 0.05) is 23.7 Å². The Morgan fingerprint density at radius 3 is 2.37 bits per heavy atom. The Kier molecular flexibility index (Phi) is 10.6. The average molecular weight is 551 g/mol. The van der Waals surface area contributed by atoms with Crippen molar-refractivity contribution in [1.29, 1.82) is 0 Å². The molecule has 0 saturated heterocycles. The highest BCUT2D eigenvalue weighted by molar-refractivity contribution is 6.30. The number of carbonyl (C=O) groups is 1. The molecule has 2 N–H and O–H groups in total. The lowest BCUT2D eigenvalue weighted by molar-refractivity contribution is -0.138. The van der Waals surface area contributed by atoms with E-state index in [1.807, 2.05) is 24.0 Å². The second-order valence-electron chi connectivity index (χ2n) is 8.65. The third kappa shape index (κ3) is 8.46. The van der Waals surface area contributed by atoms with Crippen LogP contribution in [-0.2, 0) is 35.2 Å². The first-order chi connectivity index (χ1) is 18.1. The van der Waals surface area contributed by atoms with Crippen LogP contribution in [-0.4, -0.2) is 43.1 Å². The van der Waals surface area contributed by atoms with Gasteiger partial charge in [-0.1, -0.05) is 42.8 Å². The number of methoxy groups -OCH3 is 1. The van der Waals surface area contributed by atoms with Gasteiger partial charge in [0.2, 0.25) is 0 Å². The van der Waals surface area contributed by atoms with Crippen molar-refractivity contribution < 1.29 is 32.5 Å². The van der Waals surface area contributed by atoms with Crippen molar-refractivity contribution in [3.63, 3.8) is 0 Å². The fourth-order valence-corrected chi connectivity index (χ4v) is 4.07. The highest BCUT2D eigenvalue weighted by Crippen LogP contribution is 2.38. The van der Waals surface area contributed by atoms with Gasteiger partial charge in [-0.25, -0.2) is 0 Å². The van der Waals surface area contributed by atoms with Crippen LogP contribution in [0.4, 0.5) is 13.2 Å². The molecule has 0 fully saturated rings. The summed E-state index contributed by atoms with van der Waals surface area (Å²) in [5.74, 6) is -0.571. The zero-order chi connectivity index (χ0) is 27.7. The van der Waals surface area contributed by atoms with E-state index >= 15 is 0 Å². The predicted molar refractivity (Wildman–Crippen MR) is 140 cm³/mol. The molecule has 0 aromatic heterocycles. The van der Waals surface area contributed by atoms with E-state index in [-0.39, 0.29) is 26.4 Å². The SMILES string of the molecule is CCN(COCNCc1ccc(Cl)cc1)Cc1cc(C(F)(F)F)ccc1-c1cc(CC(=O)O)ccc1OC. The lowest BCUT2D eigenvalue weighted by atomic mass is 9.94. The number of rotatable bonds is 13. The molecular formula is C28H30ClF3N2O4. The molecule has 0 radical (unpaired) electrons. The normalized spacial score (nSPS) is 11.7. The van der Waals surface area contributed by atoms with Crippen LogP contribution in [0.2, 0.25) is 5.02 Å². The summed E-state index contributed by atoms with van der Waals surface area (Å²) in [6.45, 7) is 3.62. The van der Waals surface area contributed by atoms with Crippen molar-refractivity contribution in [2.75, 3.05) is 27.1 Å². The lowest BCUT2D eigenvalue weighted by Gasteiger charge is -2.24. The molecule has 0 aliphatic carbocycles. The Balaban J connectivity index is 1.79. The maximum atomic E-state index is 13.6. The molecule has 3 rings (SSSR count). The molecule has 204 valence electrons. The average Bonchev–Trinajstić information content (AvgIpc) is 2.88. The standard InChI is InChI=1S/C28H30ClF3N2O4/c1-3-34(18-38-17-33-15-19-4-8-23(29)9-5-19)16-21-14-22(28(30,31)32)7-10-24(21)25-12-20(13-27(35)36)6-11-26(25)37-2/h4-12,14,33H,3,13,15-18H2,1-2H3,(H,35,36). The first-order valence-corrected chi connectivity index (χ1v) is 12.3. The van der Waals surface area contributed by atoms with Crippen LogP contribution >= 0.6 is 11.6 Å². The largest absolute Gasteiger partial charge is 0.496 e. The van der Waals surface area contributed by atoms with Gasteiger partial charge in [0.1, 0.15) is 12.5 Å². The zero-order valence-electron chi connectivity index (χ0n) is 21.1. The van der Waals surface area contributed by atoms with E-state index in [4.69, 9.17) is 21.1 Å². The minimum atomic E-state index is -4.51. The Morgan fingerprint density at radius 1 is 1.03 bits per heavy atom. The van der Waals surface area contributed by atoms with Gasteiger partial charge in [-0.2, -0.15) is 13.2 Å². The molecule has 0 aliphatic rings. The van der Waals surface area contributed by atoms with Crippen LogP contribution < -0.4 is 10.1 Å². The van der Waals surface area contributed by atoms with Crippen molar-refractivity contribution in [1.82, 2.24) is 10.2 Å². The summed E-state index contributed by atoms with van der Waals surface area (Å²) in [6.07, 6.45) is -4.73. The van der Waals surface area contributed by atoms with Gasteiger partial charge in [-0.3, -0.25) is 15.0 Å². The Morgan fingerprint density at radius 2 is 1.74 bits per heavy atom. The van der Waals surface area contributed by atoms with Crippen molar-refractivity contribution in [2.24, 2.45) is 0 Å². The van der Waals surface area contributed by atoms with Crippen LogP contribution in [0.25, 0.3) is 11.1 Å². The van der Waals surface area contributed by atoms with Crippen molar-refractivity contribution in [2.45, 2.75) is 32.6 Å². The van der Waals surface area contributed by atoms with Gasteiger partial charge >= 0.3 is 12.1 Å². The number of nitrogens with one attached hydrogen (secondary N) is 1. The summed E-state index contributed by atoms with van der Waals surface area (Å²) in [7, 11) is 1.46. The number of hydrogen-bond donors (Lipinski definition) is 2. The summed E-state index contributed by atoms with van der Waals surface area (Å²) < 4.78 is 51.9. The quantitative estimate of drug-likeness (QED) is 0.195. The van der Waals surface area contributed by atoms with Gasteiger partial charge in [0.15, 0.2) is 0 Å². The van der Waals surface area contributed by atoms with Gasteiger partial charge in [0.25, 0.3) is 0 Å². The van der Waals surface area contributed by atoms with E-state index < -0.39 is 17.7 Å². The molecule has 0 atom stereocenters. The van der Waals surface area contributed by atoms with E-state index in [9.17, 15) is 23.1 Å². The van der Waals surface area contributed by atoms with Crippen LogP contribution in [0, 0.1) is 0 Å². The maximum Gasteiger partial charge on any atom is 0.416 e. The van der Waals surface area contributed by atoms with Crippen molar-refractivity contribution >= 4 is 17.6 Å². The summed E-state index contributed by atoms with van der Waals surface area (Å²) in [6, 6.07) is 15.9. The number of benzene rings is 3. The molecule has 10 heteroatoms. The van der Waals surface area contributed by atoms with Gasteiger partial charge in [-0.05, 0) is 65.2 Å². The predicted octanol–water partition coefficient (Wildman–Crippen LogP) is 6.20. The van der Waals surface area contributed by atoms with E-state index in [1.54, 1.807) is 30.3 Å². The minimum absolute atomic E-state index is 0.180. The number of nitrogens with zero attached hydrogens (tertiary/aromatic N) is 1. The Bertz CT molecular complexity index is 1220. The number of halogens is 4. The van der Waals surface area contributed by atoms with Gasteiger partial charge < -0.3 is 14.6 Å². The molecule has 0 bridgehead atoms. The summed E-state index contributed by atoms with van der Waals surface area (Å²) >= 11 is 5.90. The van der Waals surface area contributed by atoms with Crippen LogP contribution in [0.3, 0.4) is 0 Å². The van der Waals surface area contributed by atoms with Crippen molar-refractivity contribution in [3.05, 3.63) is 87.9 Å². The molecule has 0 spiro atoms. The van der Waals surface area contributed by atoms with E-state index in [0.29, 0.717) is 46.1 Å². The Labute approximate surface area is 224 Å². The van der Waals surface area contributed by atoms with Crippen molar-refractivity contribution in [3.8, 4) is 16.9 Å². The molecule has 38 heavy (non-hydrogen) atoms. The fraction of sp³-hybridized carbons (Fsp3) is 0.321. The molecule has 3 aromatic carbocycles. The summed E-state index contributed by atoms with van der Waals surface area (Å²) in [5.41, 5.74) is 2.27. The van der Waals surface area contributed by atoms with Gasteiger partial charge in [0.05, 0.1) is 25.8 Å². The summed E-state index contributed by atoms with van der Waals surface area (Å²) in [5, 5.41) is 13.0. The maximum absolute atomic E-state index is 13.6. The lowest BCUT2D eigenvalue weighted by Crippen LogP contribution is -2.29. The third-order valence-corrected chi connectivity index (χ3v) is 6.16. The Hall–Kier alpha value is -3.11.